The van der Waals surface area contributed by atoms with Crippen molar-refractivity contribution in [2.45, 2.75) is 38.3 Å². The van der Waals surface area contributed by atoms with Crippen molar-refractivity contribution in [3.8, 4) is 0 Å². The fourth-order valence-corrected chi connectivity index (χ4v) is 2.39. The maximum Gasteiger partial charge on any atom is 0.224 e. The second-order valence-electron chi connectivity index (χ2n) is 5.06. The van der Waals surface area contributed by atoms with E-state index in [1.54, 1.807) is 0 Å². The van der Waals surface area contributed by atoms with Gasteiger partial charge in [0.1, 0.15) is 11.6 Å². The van der Waals surface area contributed by atoms with Crippen molar-refractivity contribution in [3.05, 3.63) is 35.4 Å². The van der Waals surface area contributed by atoms with Gasteiger partial charge >= 0.3 is 0 Å². The summed E-state index contributed by atoms with van der Waals surface area (Å²) in [5.41, 5.74) is 0.0967. The molecular formula is C14H19ClF2N2O. The van der Waals surface area contributed by atoms with Crippen molar-refractivity contribution < 1.29 is 13.6 Å². The Morgan fingerprint density at radius 2 is 2.20 bits per heavy atom. The molecule has 1 aliphatic rings. The number of nitrogens with one attached hydrogen (secondary N) is 2. The van der Waals surface area contributed by atoms with Crippen molar-refractivity contribution >= 4 is 18.3 Å². The molecule has 1 fully saturated rings. The lowest BCUT2D eigenvalue weighted by atomic mass is 10.0. The highest BCUT2D eigenvalue weighted by Gasteiger charge is 2.20. The predicted octanol–water partition coefficient (Wildman–Crippen LogP) is 2.19. The van der Waals surface area contributed by atoms with E-state index in [2.05, 4.69) is 17.6 Å². The Hall–Kier alpha value is -1.20. The molecule has 0 bridgehead atoms. The van der Waals surface area contributed by atoms with Gasteiger partial charge in [-0.3, -0.25) is 4.79 Å². The van der Waals surface area contributed by atoms with Crippen molar-refractivity contribution in [2.24, 2.45) is 0 Å². The van der Waals surface area contributed by atoms with Gasteiger partial charge in [0.25, 0.3) is 0 Å². The van der Waals surface area contributed by atoms with Gasteiger partial charge in [-0.2, -0.15) is 0 Å². The molecule has 1 saturated heterocycles. The third kappa shape index (κ3) is 4.72. The van der Waals surface area contributed by atoms with Gasteiger partial charge in [0.15, 0.2) is 0 Å². The molecule has 0 radical (unpaired) electrons. The predicted molar refractivity (Wildman–Crippen MR) is 75.9 cm³/mol. The minimum atomic E-state index is -0.546. The first kappa shape index (κ1) is 16.9. The van der Waals surface area contributed by atoms with Crippen LogP contribution in [-0.4, -0.2) is 24.5 Å². The number of piperidine rings is 1. The molecular weight excluding hydrogens is 286 g/mol. The highest BCUT2D eigenvalue weighted by molar-refractivity contribution is 5.85. The average molecular weight is 305 g/mol. The van der Waals surface area contributed by atoms with Crippen LogP contribution in [0, 0.1) is 11.6 Å². The van der Waals surface area contributed by atoms with E-state index in [0.29, 0.717) is 6.04 Å². The summed E-state index contributed by atoms with van der Waals surface area (Å²) < 4.78 is 26.4. The van der Waals surface area contributed by atoms with Gasteiger partial charge in [-0.15, -0.1) is 12.4 Å². The highest BCUT2D eigenvalue weighted by atomic mass is 35.5. The lowest BCUT2D eigenvalue weighted by molar-refractivity contribution is -0.121. The average Bonchev–Trinajstić information content (AvgIpc) is 2.34. The van der Waals surface area contributed by atoms with Crippen LogP contribution >= 0.6 is 12.4 Å². The lowest BCUT2D eigenvalue weighted by Crippen LogP contribution is -2.47. The minimum absolute atomic E-state index is 0. The zero-order valence-corrected chi connectivity index (χ0v) is 12.1. The Balaban J connectivity index is 0.00000200. The number of carbonyl (C=O) groups is 1. The minimum Gasteiger partial charge on any atom is -0.353 e. The van der Waals surface area contributed by atoms with E-state index in [9.17, 15) is 13.6 Å². The first-order valence-corrected chi connectivity index (χ1v) is 6.51. The van der Waals surface area contributed by atoms with Crippen LogP contribution in [0.2, 0.25) is 0 Å². The van der Waals surface area contributed by atoms with Crippen molar-refractivity contribution in [2.75, 3.05) is 6.54 Å². The Morgan fingerprint density at radius 3 is 2.90 bits per heavy atom. The Bertz CT molecular complexity index is 470. The molecule has 0 aromatic heterocycles. The van der Waals surface area contributed by atoms with E-state index in [-0.39, 0.29) is 36.3 Å². The molecule has 2 unspecified atom stereocenters. The SMILES string of the molecule is CC1CC(NC(=O)Cc2cc(F)ccc2F)CCN1.Cl. The summed E-state index contributed by atoms with van der Waals surface area (Å²) in [5, 5.41) is 6.17. The highest BCUT2D eigenvalue weighted by Crippen LogP contribution is 2.12. The summed E-state index contributed by atoms with van der Waals surface area (Å²) >= 11 is 0. The van der Waals surface area contributed by atoms with E-state index in [4.69, 9.17) is 0 Å². The van der Waals surface area contributed by atoms with Crippen molar-refractivity contribution in [1.29, 1.82) is 0 Å². The van der Waals surface area contributed by atoms with E-state index in [1.165, 1.54) is 0 Å². The Morgan fingerprint density at radius 1 is 1.45 bits per heavy atom. The van der Waals surface area contributed by atoms with Gasteiger partial charge in [-0.05, 0) is 44.5 Å². The number of hydrogen-bond acceptors (Lipinski definition) is 2. The molecule has 0 spiro atoms. The van der Waals surface area contributed by atoms with E-state index in [1.807, 2.05) is 0 Å². The number of hydrogen-bond donors (Lipinski definition) is 2. The monoisotopic (exact) mass is 304 g/mol. The Kier molecular flexibility index (Phi) is 6.36. The summed E-state index contributed by atoms with van der Waals surface area (Å²) in [4.78, 5) is 11.8. The fraction of sp³-hybridized carbons (Fsp3) is 0.500. The smallest absolute Gasteiger partial charge is 0.224 e. The molecule has 0 saturated carbocycles. The van der Waals surface area contributed by atoms with Gasteiger partial charge in [0.2, 0.25) is 5.91 Å². The number of amides is 1. The van der Waals surface area contributed by atoms with Gasteiger partial charge < -0.3 is 10.6 Å². The second kappa shape index (κ2) is 7.55. The first-order chi connectivity index (χ1) is 9.04. The molecule has 1 aromatic carbocycles. The van der Waals surface area contributed by atoms with Crippen LogP contribution in [0.25, 0.3) is 0 Å². The summed E-state index contributed by atoms with van der Waals surface area (Å²) in [6.07, 6.45) is 1.60. The molecule has 1 aromatic rings. The van der Waals surface area contributed by atoms with E-state index >= 15 is 0 Å². The quantitative estimate of drug-likeness (QED) is 0.899. The molecule has 1 aliphatic heterocycles. The molecule has 2 atom stereocenters. The van der Waals surface area contributed by atoms with Gasteiger partial charge in [-0.1, -0.05) is 0 Å². The van der Waals surface area contributed by atoms with Gasteiger partial charge in [0.05, 0.1) is 6.42 Å². The fourth-order valence-electron chi connectivity index (χ4n) is 2.39. The normalized spacial score (nSPS) is 21.9. The zero-order chi connectivity index (χ0) is 13.8. The zero-order valence-electron chi connectivity index (χ0n) is 11.3. The van der Waals surface area contributed by atoms with Crippen molar-refractivity contribution in [3.63, 3.8) is 0 Å². The summed E-state index contributed by atoms with van der Waals surface area (Å²) in [6.45, 7) is 2.92. The molecule has 112 valence electrons. The largest absolute Gasteiger partial charge is 0.353 e. The van der Waals surface area contributed by atoms with Crippen LogP contribution in [0.3, 0.4) is 0 Å². The Labute approximate surface area is 123 Å². The maximum atomic E-state index is 13.4. The molecule has 1 amide bonds. The van der Waals surface area contributed by atoms with Crippen LogP contribution in [0.5, 0.6) is 0 Å². The summed E-state index contributed by atoms with van der Waals surface area (Å²) in [7, 11) is 0. The van der Waals surface area contributed by atoms with Crippen LogP contribution in [-0.2, 0) is 11.2 Å². The topological polar surface area (TPSA) is 41.1 Å². The third-order valence-electron chi connectivity index (χ3n) is 3.35. The maximum absolute atomic E-state index is 13.4. The van der Waals surface area contributed by atoms with Crippen LogP contribution in [0.4, 0.5) is 8.78 Å². The van der Waals surface area contributed by atoms with Gasteiger partial charge in [0, 0.05) is 17.6 Å². The molecule has 2 rings (SSSR count). The third-order valence-corrected chi connectivity index (χ3v) is 3.35. The van der Waals surface area contributed by atoms with E-state index in [0.717, 1.165) is 37.6 Å². The lowest BCUT2D eigenvalue weighted by Gasteiger charge is -2.28. The summed E-state index contributed by atoms with van der Waals surface area (Å²) in [5.74, 6) is -1.33. The van der Waals surface area contributed by atoms with Gasteiger partial charge in [-0.25, -0.2) is 8.78 Å². The van der Waals surface area contributed by atoms with Crippen LogP contribution in [0.1, 0.15) is 25.3 Å². The molecule has 20 heavy (non-hydrogen) atoms. The molecule has 0 aliphatic carbocycles. The molecule has 2 N–H and O–H groups in total. The molecule has 3 nitrogen and oxygen atoms in total. The standard InChI is InChI=1S/C14H18F2N2O.ClH/c1-9-6-12(4-5-17-9)18-14(19)8-10-7-11(15)2-3-13(10)16;/h2-3,7,9,12,17H,4-6,8H2,1H3,(H,18,19);1H. The number of halogens is 3. The molecule has 6 heteroatoms. The number of rotatable bonds is 3. The van der Waals surface area contributed by atoms with Crippen molar-refractivity contribution in [1.82, 2.24) is 10.6 Å². The van der Waals surface area contributed by atoms with Crippen LogP contribution in [0.15, 0.2) is 18.2 Å². The second-order valence-corrected chi connectivity index (χ2v) is 5.06. The van der Waals surface area contributed by atoms with Crippen LogP contribution < -0.4 is 10.6 Å². The number of benzene rings is 1. The molecule has 1 heterocycles. The summed E-state index contributed by atoms with van der Waals surface area (Å²) in [6, 6.07) is 3.64. The first-order valence-electron chi connectivity index (χ1n) is 6.51. The van der Waals surface area contributed by atoms with E-state index < -0.39 is 11.6 Å². The number of carbonyl (C=O) groups excluding carboxylic acids is 1.